The van der Waals surface area contributed by atoms with Crippen molar-refractivity contribution in [2.24, 2.45) is 5.73 Å². The molecule has 1 aromatic carbocycles. The van der Waals surface area contributed by atoms with E-state index >= 15 is 0 Å². The number of hydrogen-bond donors (Lipinski definition) is 1. The molecular formula is C15H23NO2. The first-order valence-electron chi connectivity index (χ1n) is 6.38. The number of hydrogen-bond acceptors (Lipinski definition) is 3. The summed E-state index contributed by atoms with van der Waals surface area (Å²) in [6, 6.07) is 5.99. The van der Waals surface area contributed by atoms with E-state index in [2.05, 4.69) is 6.58 Å². The molecule has 2 atom stereocenters. The van der Waals surface area contributed by atoms with Crippen LogP contribution >= 0.6 is 0 Å². The standard InChI is InChI=1S/C15H23NO2/c1-5-12(4)18-15-13(10-11(3)16)8-7-9-14(15)17-6-2/h5,7-9,11-12H,1,6,10,16H2,2-4H3. The SMILES string of the molecule is C=CC(C)Oc1c(CC(C)N)cccc1OCC. The zero-order valence-electron chi connectivity index (χ0n) is 11.5. The van der Waals surface area contributed by atoms with Gasteiger partial charge in [0.1, 0.15) is 6.10 Å². The second-order valence-corrected chi connectivity index (χ2v) is 4.42. The molecule has 100 valence electrons. The third-order valence-corrected chi connectivity index (χ3v) is 2.54. The van der Waals surface area contributed by atoms with Gasteiger partial charge in [0.15, 0.2) is 11.5 Å². The maximum absolute atomic E-state index is 5.88. The average molecular weight is 249 g/mol. The van der Waals surface area contributed by atoms with Gasteiger partial charge in [-0.1, -0.05) is 24.8 Å². The summed E-state index contributed by atoms with van der Waals surface area (Å²) < 4.78 is 11.5. The van der Waals surface area contributed by atoms with Gasteiger partial charge in [-0.15, -0.1) is 0 Å². The smallest absolute Gasteiger partial charge is 0.165 e. The largest absolute Gasteiger partial charge is 0.490 e. The molecule has 0 fully saturated rings. The van der Waals surface area contributed by atoms with Crippen LogP contribution in [0.2, 0.25) is 0 Å². The molecule has 0 aliphatic rings. The molecular weight excluding hydrogens is 226 g/mol. The van der Waals surface area contributed by atoms with E-state index in [9.17, 15) is 0 Å². The van der Waals surface area contributed by atoms with Crippen molar-refractivity contribution in [3.05, 3.63) is 36.4 Å². The first-order chi connectivity index (χ1) is 8.58. The van der Waals surface area contributed by atoms with Crippen molar-refractivity contribution in [3.63, 3.8) is 0 Å². The molecule has 0 radical (unpaired) electrons. The summed E-state index contributed by atoms with van der Waals surface area (Å²) in [5.74, 6) is 1.55. The molecule has 0 saturated carbocycles. The highest BCUT2D eigenvalue weighted by molar-refractivity contribution is 5.47. The quantitative estimate of drug-likeness (QED) is 0.756. The van der Waals surface area contributed by atoms with E-state index in [0.29, 0.717) is 6.61 Å². The molecule has 3 nitrogen and oxygen atoms in total. The first kappa shape index (κ1) is 14.6. The van der Waals surface area contributed by atoms with Gasteiger partial charge < -0.3 is 15.2 Å². The molecule has 0 spiro atoms. The fourth-order valence-electron chi connectivity index (χ4n) is 1.71. The van der Waals surface area contributed by atoms with Crippen molar-refractivity contribution < 1.29 is 9.47 Å². The van der Waals surface area contributed by atoms with Crippen LogP contribution in [0.25, 0.3) is 0 Å². The van der Waals surface area contributed by atoms with Crippen LogP contribution in [0.5, 0.6) is 11.5 Å². The predicted octanol–water partition coefficient (Wildman–Crippen LogP) is 2.93. The third kappa shape index (κ3) is 4.08. The van der Waals surface area contributed by atoms with Crippen LogP contribution in [-0.4, -0.2) is 18.8 Å². The van der Waals surface area contributed by atoms with Crippen molar-refractivity contribution in [1.29, 1.82) is 0 Å². The minimum absolute atomic E-state index is 0.0570. The van der Waals surface area contributed by atoms with Crippen molar-refractivity contribution >= 4 is 0 Å². The van der Waals surface area contributed by atoms with Gasteiger partial charge in [0.25, 0.3) is 0 Å². The van der Waals surface area contributed by atoms with E-state index < -0.39 is 0 Å². The highest BCUT2D eigenvalue weighted by Crippen LogP contribution is 2.33. The Hall–Kier alpha value is -1.48. The summed E-state index contributed by atoms with van der Waals surface area (Å²) in [7, 11) is 0. The second kappa shape index (κ2) is 7.07. The van der Waals surface area contributed by atoms with E-state index in [4.69, 9.17) is 15.2 Å². The van der Waals surface area contributed by atoms with Crippen molar-refractivity contribution in [3.8, 4) is 11.5 Å². The van der Waals surface area contributed by atoms with Crippen LogP contribution in [0.3, 0.4) is 0 Å². The van der Waals surface area contributed by atoms with Crippen LogP contribution < -0.4 is 15.2 Å². The Bertz CT molecular complexity index is 388. The highest BCUT2D eigenvalue weighted by Gasteiger charge is 2.14. The van der Waals surface area contributed by atoms with Gasteiger partial charge in [0.05, 0.1) is 6.61 Å². The van der Waals surface area contributed by atoms with Crippen LogP contribution in [0.1, 0.15) is 26.3 Å². The zero-order valence-corrected chi connectivity index (χ0v) is 11.5. The van der Waals surface area contributed by atoms with E-state index in [0.717, 1.165) is 23.5 Å². The maximum Gasteiger partial charge on any atom is 0.165 e. The maximum atomic E-state index is 5.88. The normalized spacial score (nSPS) is 13.8. The summed E-state index contributed by atoms with van der Waals surface area (Å²) in [6.45, 7) is 10.2. The average Bonchev–Trinajstić information content (AvgIpc) is 2.32. The molecule has 0 heterocycles. The van der Waals surface area contributed by atoms with Crippen LogP contribution in [0.15, 0.2) is 30.9 Å². The van der Waals surface area contributed by atoms with Crippen LogP contribution in [0, 0.1) is 0 Å². The lowest BCUT2D eigenvalue weighted by Gasteiger charge is -2.19. The van der Waals surface area contributed by atoms with Gasteiger partial charge in [-0.2, -0.15) is 0 Å². The molecule has 18 heavy (non-hydrogen) atoms. The molecule has 0 aliphatic carbocycles. The Morgan fingerprint density at radius 2 is 2.11 bits per heavy atom. The fourth-order valence-corrected chi connectivity index (χ4v) is 1.71. The minimum Gasteiger partial charge on any atom is -0.490 e. The van der Waals surface area contributed by atoms with Crippen molar-refractivity contribution in [1.82, 2.24) is 0 Å². The van der Waals surface area contributed by atoms with Crippen molar-refractivity contribution in [2.75, 3.05) is 6.61 Å². The van der Waals surface area contributed by atoms with E-state index in [-0.39, 0.29) is 12.1 Å². The van der Waals surface area contributed by atoms with Gasteiger partial charge in [-0.05, 0) is 38.8 Å². The van der Waals surface area contributed by atoms with E-state index in [1.54, 1.807) is 6.08 Å². The number of nitrogens with two attached hydrogens (primary N) is 1. The summed E-state index contributed by atoms with van der Waals surface area (Å²) in [5, 5.41) is 0. The summed E-state index contributed by atoms with van der Waals surface area (Å²) in [4.78, 5) is 0. The first-order valence-corrected chi connectivity index (χ1v) is 6.38. The summed E-state index contributed by atoms with van der Waals surface area (Å²) in [6.07, 6.45) is 2.47. The molecule has 0 bridgehead atoms. The Kier molecular flexibility index (Phi) is 5.72. The fraction of sp³-hybridized carbons (Fsp3) is 0.467. The molecule has 1 aromatic rings. The Morgan fingerprint density at radius 1 is 1.39 bits per heavy atom. The zero-order chi connectivity index (χ0) is 13.5. The summed E-state index contributed by atoms with van der Waals surface area (Å²) in [5.41, 5.74) is 6.94. The molecule has 2 N–H and O–H groups in total. The molecule has 0 aliphatic heterocycles. The molecule has 0 saturated heterocycles. The minimum atomic E-state index is -0.0570. The van der Waals surface area contributed by atoms with Gasteiger partial charge in [0, 0.05) is 6.04 Å². The predicted molar refractivity (Wildman–Crippen MR) is 75.3 cm³/mol. The van der Waals surface area contributed by atoms with Crippen LogP contribution in [0.4, 0.5) is 0 Å². The second-order valence-electron chi connectivity index (χ2n) is 4.42. The number of ether oxygens (including phenoxy) is 2. The lowest BCUT2D eigenvalue weighted by molar-refractivity contribution is 0.242. The van der Waals surface area contributed by atoms with Gasteiger partial charge in [-0.25, -0.2) is 0 Å². The number of para-hydroxylation sites is 1. The topological polar surface area (TPSA) is 44.5 Å². The molecule has 0 amide bonds. The van der Waals surface area contributed by atoms with E-state index in [1.807, 2.05) is 39.0 Å². The number of rotatable bonds is 7. The lowest BCUT2D eigenvalue weighted by atomic mass is 10.1. The van der Waals surface area contributed by atoms with Crippen molar-refractivity contribution in [2.45, 2.75) is 39.3 Å². The Labute approximate surface area is 110 Å². The van der Waals surface area contributed by atoms with Gasteiger partial charge in [-0.3, -0.25) is 0 Å². The number of benzene rings is 1. The monoisotopic (exact) mass is 249 g/mol. The lowest BCUT2D eigenvalue weighted by Crippen LogP contribution is -2.19. The van der Waals surface area contributed by atoms with Crippen LogP contribution in [-0.2, 0) is 6.42 Å². The Balaban J connectivity index is 3.07. The highest BCUT2D eigenvalue weighted by atomic mass is 16.5. The third-order valence-electron chi connectivity index (χ3n) is 2.54. The van der Waals surface area contributed by atoms with E-state index in [1.165, 1.54) is 0 Å². The molecule has 1 rings (SSSR count). The van der Waals surface area contributed by atoms with Gasteiger partial charge in [0.2, 0.25) is 0 Å². The Morgan fingerprint density at radius 3 is 2.67 bits per heavy atom. The molecule has 2 unspecified atom stereocenters. The molecule has 0 aromatic heterocycles. The van der Waals surface area contributed by atoms with Gasteiger partial charge >= 0.3 is 0 Å². The summed E-state index contributed by atoms with van der Waals surface area (Å²) >= 11 is 0. The molecule has 3 heteroatoms.